The van der Waals surface area contributed by atoms with Gasteiger partial charge in [-0.15, -0.1) is 0 Å². The van der Waals surface area contributed by atoms with Crippen LogP contribution >= 0.6 is 0 Å². The van der Waals surface area contributed by atoms with E-state index in [0.717, 1.165) is 11.8 Å². The SMILES string of the molecule is CCOC1=C(C#N)C([C]2[CH][CH][CH][CH]2)C(C#N)(C[C]2[CH][CH][CH][CH]2)C(N)=N1.[CH]1[CH][CH][CH][CH]1.[CH]1[CH][CH][CH][CH]1.[Fe+2].[Fe+2]. The predicted octanol–water partition coefficient (Wildman–Crippen LogP) is 4.49. The van der Waals surface area contributed by atoms with Crippen LogP contribution in [0, 0.1) is 161 Å². The molecule has 0 bridgehead atoms. The summed E-state index contributed by atoms with van der Waals surface area (Å²) in [5.41, 5.74) is 5.49. The molecule has 4 saturated carbocycles. The molecule has 0 amide bonds. The van der Waals surface area contributed by atoms with Gasteiger partial charge in [-0.2, -0.15) is 15.5 Å². The molecular weight excluding hydrogens is 544 g/mol. The fraction of sp³-hybridized carbons (Fsp3) is 0.167. The number of rotatable bonds is 5. The number of nitrogens with two attached hydrogens (primary N) is 1. The topological polar surface area (TPSA) is 95.2 Å². The Kier molecular flexibility index (Phi) is 16.9. The summed E-state index contributed by atoms with van der Waals surface area (Å²) in [6.07, 6.45) is 35.7. The summed E-state index contributed by atoms with van der Waals surface area (Å²) in [4.78, 5) is 4.30. The molecule has 1 heterocycles. The summed E-state index contributed by atoms with van der Waals surface area (Å²) < 4.78 is 5.54. The summed E-state index contributed by atoms with van der Waals surface area (Å²) in [6, 6.07) is 4.58. The predicted molar refractivity (Wildman–Crippen MR) is 136 cm³/mol. The van der Waals surface area contributed by atoms with E-state index in [0.29, 0.717) is 18.6 Å². The average molecular weight is 572 g/mol. The Labute approximate surface area is 247 Å². The summed E-state index contributed by atoms with van der Waals surface area (Å²) >= 11 is 0. The Morgan fingerprint density at radius 2 is 1.27 bits per heavy atom. The van der Waals surface area contributed by atoms with Crippen molar-refractivity contribution >= 4 is 5.84 Å². The summed E-state index contributed by atoms with van der Waals surface area (Å²) in [5.74, 6) is 1.71. The van der Waals surface area contributed by atoms with E-state index >= 15 is 0 Å². The van der Waals surface area contributed by atoms with Gasteiger partial charge in [-0.1, -0.05) is 0 Å². The molecule has 0 spiro atoms. The van der Waals surface area contributed by atoms with Crippen molar-refractivity contribution < 1.29 is 38.9 Å². The molecular formula is C30H28Fe2N4O+4. The number of hydrogen-bond acceptors (Lipinski definition) is 5. The molecule has 5 nitrogen and oxygen atoms in total. The maximum atomic E-state index is 10.1. The smallest absolute Gasteiger partial charge is 0.477 e. The van der Waals surface area contributed by atoms with Crippen LogP contribution in [0.3, 0.4) is 0 Å². The zero-order valence-corrected chi connectivity index (χ0v) is 22.6. The third kappa shape index (κ3) is 9.32. The van der Waals surface area contributed by atoms with E-state index in [2.05, 4.69) is 17.1 Å². The number of aliphatic imine (C=N–C) groups is 1. The van der Waals surface area contributed by atoms with Gasteiger partial charge in [0.1, 0.15) is 17.3 Å². The van der Waals surface area contributed by atoms with Crippen molar-refractivity contribution in [1.29, 1.82) is 10.5 Å². The van der Waals surface area contributed by atoms with Crippen molar-refractivity contribution in [1.82, 2.24) is 0 Å². The van der Waals surface area contributed by atoms with Gasteiger partial charge in [0.2, 0.25) is 5.88 Å². The molecule has 5 rings (SSSR count). The van der Waals surface area contributed by atoms with Crippen molar-refractivity contribution in [2.75, 3.05) is 6.61 Å². The third-order valence-electron chi connectivity index (χ3n) is 5.64. The van der Waals surface area contributed by atoms with Crippen molar-refractivity contribution in [3.8, 4) is 12.1 Å². The number of nitrogens with zero attached hydrogens (tertiary/aromatic N) is 3. The van der Waals surface area contributed by atoms with Crippen LogP contribution in [0.25, 0.3) is 0 Å². The van der Waals surface area contributed by atoms with Gasteiger partial charge in [-0.3, -0.25) is 0 Å². The van der Waals surface area contributed by atoms with E-state index in [1.807, 2.05) is 122 Å². The van der Waals surface area contributed by atoms with Crippen LogP contribution in [0.1, 0.15) is 13.3 Å². The Morgan fingerprint density at radius 1 is 0.811 bits per heavy atom. The first-order valence-corrected chi connectivity index (χ1v) is 11.4. The van der Waals surface area contributed by atoms with Gasteiger partial charge in [-0.05, 0) is 141 Å². The van der Waals surface area contributed by atoms with Crippen molar-refractivity contribution in [2.24, 2.45) is 22.1 Å². The van der Waals surface area contributed by atoms with Gasteiger partial charge in [0.15, 0.2) is 0 Å². The van der Waals surface area contributed by atoms with Gasteiger partial charge in [0, 0.05) is 5.92 Å². The fourth-order valence-electron chi connectivity index (χ4n) is 4.03. The number of amidine groups is 1. The number of nitriles is 2. The largest absolute Gasteiger partial charge is 2.00 e. The molecule has 0 aromatic rings. The molecule has 5 aliphatic rings. The zero-order chi connectivity index (χ0) is 24.9. The molecule has 2 atom stereocenters. The molecule has 37 heavy (non-hydrogen) atoms. The normalized spacial score (nSPS) is 27.3. The Morgan fingerprint density at radius 3 is 1.68 bits per heavy atom. The summed E-state index contributed by atoms with van der Waals surface area (Å²) in [6.45, 7) is 2.19. The molecule has 1 aliphatic heterocycles. The van der Waals surface area contributed by atoms with Gasteiger partial charge >= 0.3 is 34.1 Å². The van der Waals surface area contributed by atoms with E-state index in [4.69, 9.17) is 10.5 Å². The van der Waals surface area contributed by atoms with Crippen LogP contribution in [0.15, 0.2) is 16.4 Å². The van der Waals surface area contributed by atoms with Crippen molar-refractivity contribution in [2.45, 2.75) is 13.3 Å². The maximum absolute atomic E-state index is 10.1. The van der Waals surface area contributed by atoms with Crippen LogP contribution in [0.5, 0.6) is 0 Å². The minimum Gasteiger partial charge on any atom is -0.477 e. The van der Waals surface area contributed by atoms with Gasteiger partial charge in [0.05, 0.1) is 18.2 Å². The zero-order valence-electron chi connectivity index (χ0n) is 20.4. The van der Waals surface area contributed by atoms with Crippen LogP contribution in [0.4, 0.5) is 0 Å². The second-order valence-corrected chi connectivity index (χ2v) is 7.89. The summed E-state index contributed by atoms with van der Waals surface area (Å²) in [7, 11) is 0. The molecule has 4 fully saturated rings. The van der Waals surface area contributed by atoms with Gasteiger partial charge in [0.25, 0.3) is 0 Å². The third-order valence-corrected chi connectivity index (χ3v) is 5.64. The first-order valence-electron chi connectivity index (χ1n) is 11.4. The van der Waals surface area contributed by atoms with E-state index < -0.39 is 11.3 Å². The summed E-state index contributed by atoms with van der Waals surface area (Å²) in [5, 5.41) is 19.9. The van der Waals surface area contributed by atoms with E-state index in [1.165, 1.54) is 0 Å². The average Bonchev–Trinajstić information content (AvgIpc) is 3.70. The monoisotopic (exact) mass is 572 g/mol. The molecule has 4 aliphatic carbocycles. The van der Waals surface area contributed by atoms with Gasteiger partial charge in [-0.25, -0.2) is 0 Å². The molecule has 0 aromatic heterocycles. The number of hydrogen-bond donors (Lipinski definition) is 1. The van der Waals surface area contributed by atoms with E-state index in [-0.39, 0.29) is 45.9 Å². The molecule has 20 radical (unpaired) electrons. The Hall–Kier alpha value is -0.971. The Bertz CT molecular complexity index is 770. The number of allylic oxidation sites excluding steroid dienone is 1. The van der Waals surface area contributed by atoms with E-state index in [9.17, 15) is 10.5 Å². The molecule has 0 saturated heterocycles. The van der Waals surface area contributed by atoms with Crippen LogP contribution in [0.2, 0.25) is 0 Å². The molecule has 2 N–H and O–H groups in total. The van der Waals surface area contributed by atoms with Crippen LogP contribution < -0.4 is 5.73 Å². The van der Waals surface area contributed by atoms with Crippen molar-refractivity contribution in [3.05, 3.63) is 139 Å². The van der Waals surface area contributed by atoms with Gasteiger partial charge < -0.3 is 10.5 Å². The van der Waals surface area contributed by atoms with Crippen LogP contribution in [-0.2, 0) is 38.9 Å². The molecule has 0 aromatic carbocycles. The maximum Gasteiger partial charge on any atom is 2.00 e. The second kappa shape index (κ2) is 18.3. The van der Waals surface area contributed by atoms with Crippen LogP contribution in [-0.4, -0.2) is 12.4 Å². The number of ether oxygens (including phenoxy) is 1. The fourth-order valence-corrected chi connectivity index (χ4v) is 4.03. The molecule has 7 heteroatoms. The second-order valence-electron chi connectivity index (χ2n) is 7.89. The minimum absolute atomic E-state index is 0. The minimum atomic E-state index is -1.13. The van der Waals surface area contributed by atoms with E-state index in [1.54, 1.807) is 0 Å². The molecule has 186 valence electrons. The standard InChI is InChI=1S/C20H18N4O.2C5H5.2Fe/c1-2-25-18-16(12-21)17(15-9-5-6-10-15)20(13-22,19(23)24-18)11-14-7-3-4-8-14;2*1-2-4-5-3-1;;/h3-10,17H,2,11H2,1H3,(H2,23,24);2*1-5H;;/q;;;2*+2. The Balaban J connectivity index is 0.000000474. The molecule has 2 unspecified atom stereocenters. The van der Waals surface area contributed by atoms with Crippen molar-refractivity contribution in [3.63, 3.8) is 0 Å². The first kappa shape index (κ1) is 34.1. The first-order chi connectivity index (χ1) is 17.2. The quantitative estimate of drug-likeness (QED) is 0.492.